The van der Waals surface area contributed by atoms with E-state index in [1.165, 1.54) is 12.1 Å². The minimum absolute atomic E-state index is 0.0657. The van der Waals surface area contributed by atoms with E-state index < -0.39 is 9.85 Å². The van der Waals surface area contributed by atoms with Gasteiger partial charge in [-0.3, -0.25) is 20.2 Å². The van der Waals surface area contributed by atoms with E-state index in [2.05, 4.69) is 0 Å². The number of hydrogen-bond donors (Lipinski definition) is 1. The summed E-state index contributed by atoms with van der Waals surface area (Å²) in [5.74, 6) is 0.226. The lowest BCUT2D eigenvalue weighted by atomic mass is 9.86. The van der Waals surface area contributed by atoms with Crippen LogP contribution in [0.2, 0.25) is 0 Å². The lowest BCUT2D eigenvalue weighted by molar-refractivity contribution is -0.394. The minimum atomic E-state index is -0.667. The molecule has 114 valence electrons. The highest BCUT2D eigenvalue weighted by molar-refractivity contribution is 5.53. The maximum atomic E-state index is 11.1. The van der Waals surface area contributed by atoms with Crippen molar-refractivity contribution in [2.24, 2.45) is 11.7 Å². The number of ether oxygens (including phenoxy) is 1. The summed E-state index contributed by atoms with van der Waals surface area (Å²) in [6.45, 7) is 0.464. The number of non-ortho nitro benzene ring substituents is 1. The van der Waals surface area contributed by atoms with Crippen LogP contribution in [0.5, 0.6) is 5.75 Å². The van der Waals surface area contributed by atoms with Crippen LogP contribution in [-0.4, -0.2) is 22.5 Å². The largest absolute Gasteiger partial charge is 0.483 e. The van der Waals surface area contributed by atoms with E-state index >= 15 is 0 Å². The molecule has 0 spiro atoms. The molecule has 0 amide bonds. The van der Waals surface area contributed by atoms with E-state index in [-0.39, 0.29) is 29.1 Å². The summed E-state index contributed by atoms with van der Waals surface area (Å²) < 4.78 is 5.74. The number of nitro groups is 2. The summed E-state index contributed by atoms with van der Waals surface area (Å²) in [4.78, 5) is 20.4. The quantitative estimate of drug-likeness (QED) is 0.657. The first-order valence-electron chi connectivity index (χ1n) is 6.82. The minimum Gasteiger partial charge on any atom is -0.483 e. The predicted molar refractivity (Wildman–Crippen MR) is 75.2 cm³/mol. The van der Waals surface area contributed by atoms with Gasteiger partial charge < -0.3 is 10.5 Å². The Balaban J connectivity index is 2.26. The smallest absolute Gasteiger partial charge is 0.317 e. The molecule has 0 radical (unpaired) electrons. The van der Waals surface area contributed by atoms with Gasteiger partial charge in [0.05, 0.1) is 15.9 Å². The Kier molecular flexibility index (Phi) is 4.69. The fourth-order valence-corrected chi connectivity index (χ4v) is 2.62. The monoisotopic (exact) mass is 295 g/mol. The molecular weight excluding hydrogens is 278 g/mol. The van der Waals surface area contributed by atoms with Crippen molar-refractivity contribution >= 4 is 11.4 Å². The standard InChI is InChI=1S/C13H17N3O5/c14-8-9-3-1-2-4-12(9)21-13-6-5-10(15(17)18)7-11(13)16(19)20/h5-7,9,12H,1-4,8,14H2. The van der Waals surface area contributed by atoms with Crippen LogP contribution < -0.4 is 10.5 Å². The van der Waals surface area contributed by atoms with Crippen LogP contribution in [0.15, 0.2) is 18.2 Å². The lowest BCUT2D eigenvalue weighted by Gasteiger charge is -2.30. The average molecular weight is 295 g/mol. The number of benzene rings is 1. The Morgan fingerprint density at radius 3 is 2.52 bits per heavy atom. The number of nitrogens with two attached hydrogens (primary N) is 1. The molecule has 2 unspecified atom stereocenters. The SMILES string of the molecule is NCC1CCCCC1Oc1ccc([N+](=O)[O-])cc1[N+](=O)[O-]. The molecular formula is C13H17N3O5. The second-order valence-corrected chi connectivity index (χ2v) is 5.10. The van der Waals surface area contributed by atoms with Crippen molar-refractivity contribution < 1.29 is 14.6 Å². The van der Waals surface area contributed by atoms with Crippen molar-refractivity contribution in [1.82, 2.24) is 0 Å². The summed E-state index contributed by atoms with van der Waals surface area (Å²) in [5, 5.41) is 21.8. The van der Waals surface area contributed by atoms with Gasteiger partial charge in [-0.15, -0.1) is 0 Å². The van der Waals surface area contributed by atoms with Crippen LogP contribution in [-0.2, 0) is 0 Å². The molecule has 2 atom stereocenters. The maximum absolute atomic E-state index is 11.1. The van der Waals surface area contributed by atoms with Crippen molar-refractivity contribution in [3.8, 4) is 5.75 Å². The Morgan fingerprint density at radius 2 is 1.90 bits per heavy atom. The Morgan fingerprint density at radius 1 is 1.19 bits per heavy atom. The van der Waals surface area contributed by atoms with Crippen molar-refractivity contribution in [3.05, 3.63) is 38.4 Å². The fourth-order valence-electron chi connectivity index (χ4n) is 2.62. The number of rotatable bonds is 5. The average Bonchev–Trinajstić information content (AvgIpc) is 2.47. The molecule has 1 aromatic rings. The molecule has 0 aliphatic heterocycles. The predicted octanol–water partition coefficient (Wildman–Crippen LogP) is 2.40. The van der Waals surface area contributed by atoms with Gasteiger partial charge in [-0.2, -0.15) is 0 Å². The molecule has 0 heterocycles. The Labute approximate surface area is 121 Å². The molecule has 21 heavy (non-hydrogen) atoms. The Bertz CT molecular complexity index is 549. The highest BCUT2D eigenvalue weighted by atomic mass is 16.6. The molecule has 0 bridgehead atoms. The van der Waals surface area contributed by atoms with E-state index in [9.17, 15) is 20.2 Å². The van der Waals surface area contributed by atoms with E-state index in [4.69, 9.17) is 10.5 Å². The van der Waals surface area contributed by atoms with Crippen LogP contribution in [0, 0.1) is 26.1 Å². The second kappa shape index (κ2) is 6.49. The molecule has 0 aromatic heterocycles. The van der Waals surface area contributed by atoms with Gasteiger partial charge in [0.2, 0.25) is 0 Å². The third kappa shape index (κ3) is 3.46. The summed E-state index contributed by atoms with van der Waals surface area (Å²) in [5.41, 5.74) is 5.00. The van der Waals surface area contributed by atoms with E-state index in [0.717, 1.165) is 31.7 Å². The summed E-state index contributed by atoms with van der Waals surface area (Å²) in [6, 6.07) is 3.43. The molecule has 1 aliphatic carbocycles. The fraction of sp³-hybridized carbons (Fsp3) is 0.538. The highest BCUT2D eigenvalue weighted by Gasteiger charge is 2.29. The lowest BCUT2D eigenvalue weighted by Crippen LogP contribution is -2.35. The molecule has 2 N–H and O–H groups in total. The molecule has 1 saturated carbocycles. The molecule has 0 saturated heterocycles. The summed E-state index contributed by atoms with van der Waals surface area (Å²) in [6.07, 6.45) is 3.60. The zero-order chi connectivity index (χ0) is 15.4. The molecule has 8 heteroatoms. The van der Waals surface area contributed by atoms with Gasteiger partial charge in [0.15, 0.2) is 5.75 Å². The first kappa shape index (κ1) is 15.2. The number of nitrogens with zero attached hydrogens (tertiary/aromatic N) is 2. The first-order valence-corrected chi connectivity index (χ1v) is 6.82. The maximum Gasteiger partial charge on any atom is 0.317 e. The van der Waals surface area contributed by atoms with E-state index in [1.54, 1.807) is 0 Å². The van der Waals surface area contributed by atoms with Gasteiger partial charge in [-0.1, -0.05) is 6.42 Å². The second-order valence-electron chi connectivity index (χ2n) is 5.10. The molecule has 1 aromatic carbocycles. The third-order valence-corrected chi connectivity index (χ3v) is 3.77. The van der Waals surface area contributed by atoms with Gasteiger partial charge in [-0.05, 0) is 31.9 Å². The van der Waals surface area contributed by atoms with Crippen LogP contribution >= 0.6 is 0 Å². The number of hydrogen-bond acceptors (Lipinski definition) is 6. The zero-order valence-electron chi connectivity index (χ0n) is 11.4. The zero-order valence-corrected chi connectivity index (χ0v) is 11.4. The topological polar surface area (TPSA) is 122 Å². The number of nitro benzene ring substituents is 2. The van der Waals surface area contributed by atoms with Crippen LogP contribution in [0.25, 0.3) is 0 Å². The van der Waals surface area contributed by atoms with Gasteiger partial charge in [0, 0.05) is 12.0 Å². The normalized spacial score (nSPS) is 21.8. The third-order valence-electron chi connectivity index (χ3n) is 3.77. The Hall–Kier alpha value is -2.22. The van der Waals surface area contributed by atoms with E-state index in [1.807, 2.05) is 0 Å². The molecule has 1 fully saturated rings. The van der Waals surface area contributed by atoms with Crippen molar-refractivity contribution in [2.45, 2.75) is 31.8 Å². The van der Waals surface area contributed by atoms with Gasteiger partial charge in [-0.25, -0.2) is 0 Å². The highest BCUT2D eigenvalue weighted by Crippen LogP contribution is 2.35. The van der Waals surface area contributed by atoms with Gasteiger partial charge >= 0.3 is 5.69 Å². The van der Waals surface area contributed by atoms with Gasteiger partial charge in [0.1, 0.15) is 6.10 Å². The summed E-state index contributed by atoms with van der Waals surface area (Å²) >= 11 is 0. The summed E-state index contributed by atoms with van der Waals surface area (Å²) in [7, 11) is 0. The molecule has 8 nitrogen and oxygen atoms in total. The van der Waals surface area contributed by atoms with Crippen molar-refractivity contribution in [3.63, 3.8) is 0 Å². The first-order chi connectivity index (χ1) is 10.0. The molecule has 1 aliphatic rings. The van der Waals surface area contributed by atoms with Crippen LogP contribution in [0.4, 0.5) is 11.4 Å². The van der Waals surface area contributed by atoms with Crippen molar-refractivity contribution in [1.29, 1.82) is 0 Å². The van der Waals surface area contributed by atoms with E-state index in [0.29, 0.717) is 6.54 Å². The van der Waals surface area contributed by atoms with Gasteiger partial charge in [0.25, 0.3) is 5.69 Å². The van der Waals surface area contributed by atoms with Crippen LogP contribution in [0.1, 0.15) is 25.7 Å². The van der Waals surface area contributed by atoms with Crippen molar-refractivity contribution in [2.75, 3.05) is 6.54 Å². The molecule has 2 rings (SSSR count). The van der Waals surface area contributed by atoms with Crippen LogP contribution in [0.3, 0.4) is 0 Å².